The van der Waals surface area contributed by atoms with E-state index in [0.717, 1.165) is 9.90 Å². The minimum atomic E-state index is -0.530. The number of amides is 2. The standard InChI is InChI=1S/C21H19ClN4O2S2/c1-2-12-29-21-26-25-20(30-21)24-18(27)13-17(14-8-4-3-5-9-14)23-19(28)15-10-6-7-11-16(15)22/h2-11,17H,1,12-13H2,(H,23,28)(H,24,25,27). The molecule has 2 amide bonds. The first-order valence-corrected chi connectivity index (χ1v) is 11.2. The lowest BCUT2D eigenvalue weighted by molar-refractivity contribution is -0.116. The van der Waals surface area contributed by atoms with Crippen molar-refractivity contribution in [3.63, 3.8) is 0 Å². The minimum Gasteiger partial charge on any atom is -0.345 e. The molecule has 0 bridgehead atoms. The molecule has 0 aliphatic carbocycles. The smallest absolute Gasteiger partial charge is 0.253 e. The molecule has 0 radical (unpaired) electrons. The molecule has 0 aliphatic heterocycles. The maximum absolute atomic E-state index is 12.7. The number of thioether (sulfide) groups is 1. The number of anilines is 1. The van der Waals surface area contributed by atoms with E-state index >= 15 is 0 Å². The molecule has 1 aromatic heterocycles. The Morgan fingerprint density at radius 1 is 1.13 bits per heavy atom. The number of halogens is 1. The van der Waals surface area contributed by atoms with Crippen molar-refractivity contribution < 1.29 is 9.59 Å². The predicted molar refractivity (Wildman–Crippen MR) is 122 cm³/mol. The lowest BCUT2D eigenvalue weighted by atomic mass is 10.0. The van der Waals surface area contributed by atoms with Crippen LogP contribution in [0.3, 0.4) is 0 Å². The van der Waals surface area contributed by atoms with Crippen molar-refractivity contribution in [1.29, 1.82) is 0 Å². The lowest BCUT2D eigenvalue weighted by Crippen LogP contribution is -2.31. The van der Waals surface area contributed by atoms with Gasteiger partial charge in [0.15, 0.2) is 4.34 Å². The van der Waals surface area contributed by atoms with Crippen LogP contribution in [0.25, 0.3) is 0 Å². The second-order valence-corrected chi connectivity index (χ2v) is 8.79. The van der Waals surface area contributed by atoms with Gasteiger partial charge in [-0.3, -0.25) is 9.59 Å². The third kappa shape index (κ3) is 6.16. The molecule has 1 heterocycles. The van der Waals surface area contributed by atoms with Gasteiger partial charge in [-0.2, -0.15) is 0 Å². The van der Waals surface area contributed by atoms with Gasteiger partial charge in [-0.25, -0.2) is 0 Å². The van der Waals surface area contributed by atoms with E-state index in [4.69, 9.17) is 11.6 Å². The predicted octanol–water partition coefficient (Wildman–Crippen LogP) is 4.97. The molecule has 0 spiro atoms. The van der Waals surface area contributed by atoms with Crippen molar-refractivity contribution in [3.8, 4) is 0 Å². The summed E-state index contributed by atoms with van der Waals surface area (Å²) in [6.45, 7) is 3.67. The highest BCUT2D eigenvalue weighted by Gasteiger charge is 2.21. The van der Waals surface area contributed by atoms with Crippen LogP contribution in [-0.4, -0.2) is 27.8 Å². The zero-order chi connectivity index (χ0) is 21.3. The maximum atomic E-state index is 12.7. The van der Waals surface area contributed by atoms with E-state index in [-0.39, 0.29) is 18.2 Å². The van der Waals surface area contributed by atoms with Gasteiger partial charge in [0.1, 0.15) is 0 Å². The van der Waals surface area contributed by atoms with Crippen LogP contribution in [0.4, 0.5) is 5.13 Å². The zero-order valence-electron chi connectivity index (χ0n) is 15.9. The van der Waals surface area contributed by atoms with Gasteiger partial charge in [0, 0.05) is 5.75 Å². The SMILES string of the molecule is C=CCSc1nnc(NC(=O)CC(NC(=O)c2ccccc2Cl)c2ccccc2)s1. The molecule has 30 heavy (non-hydrogen) atoms. The molecule has 2 aromatic carbocycles. The van der Waals surface area contributed by atoms with E-state index in [1.54, 1.807) is 30.3 Å². The molecule has 3 rings (SSSR count). The van der Waals surface area contributed by atoms with Crippen LogP contribution in [0.2, 0.25) is 5.02 Å². The highest BCUT2D eigenvalue weighted by atomic mass is 35.5. The second-order valence-electron chi connectivity index (χ2n) is 6.14. The summed E-state index contributed by atoms with van der Waals surface area (Å²) >= 11 is 8.92. The van der Waals surface area contributed by atoms with Crippen LogP contribution in [0.15, 0.2) is 71.6 Å². The summed E-state index contributed by atoms with van der Waals surface area (Å²) in [5.74, 6) is 0.0910. The highest BCUT2D eigenvalue weighted by Crippen LogP contribution is 2.26. The molecule has 0 aliphatic rings. The summed E-state index contributed by atoms with van der Waals surface area (Å²) in [4.78, 5) is 25.4. The van der Waals surface area contributed by atoms with Gasteiger partial charge >= 0.3 is 0 Å². The summed E-state index contributed by atoms with van der Waals surface area (Å²) in [5, 5.41) is 14.4. The Morgan fingerprint density at radius 3 is 2.60 bits per heavy atom. The van der Waals surface area contributed by atoms with E-state index in [1.165, 1.54) is 23.1 Å². The summed E-state index contributed by atoms with van der Waals surface area (Å²) in [6.07, 6.45) is 1.81. The Morgan fingerprint density at radius 2 is 1.87 bits per heavy atom. The van der Waals surface area contributed by atoms with Crippen LogP contribution in [0.5, 0.6) is 0 Å². The molecule has 0 fully saturated rings. The number of carbonyl (C=O) groups is 2. The fourth-order valence-electron chi connectivity index (χ4n) is 2.62. The van der Waals surface area contributed by atoms with Crippen LogP contribution >= 0.6 is 34.7 Å². The fourth-order valence-corrected chi connectivity index (χ4v) is 4.37. The molecule has 9 heteroatoms. The van der Waals surface area contributed by atoms with Crippen molar-refractivity contribution in [2.24, 2.45) is 0 Å². The van der Waals surface area contributed by atoms with Gasteiger partial charge in [0.2, 0.25) is 11.0 Å². The van der Waals surface area contributed by atoms with E-state index < -0.39 is 6.04 Å². The van der Waals surface area contributed by atoms with Gasteiger partial charge < -0.3 is 10.6 Å². The average Bonchev–Trinajstić information content (AvgIpc) is 3.19. The van der Waals surface area contributed by atoms with Crippen LogP contribution in [-0.2, 0) is 4.79 Å². The fraction of sp³-hybridized carbons (Fsp3) is 0.143. The highest BCUT2D eigenvalue weighted by molar-refractivity contribution is 8.01. The molecule has 154 valence electrons. The summed E-state index contributed by atoms with van der Waals surface area (Å²) in [5.41, 5.74) is 1.17. The summed E-state index contributed by atoms with van der Waals surface area (Å²) in [7, 11) is 0. The van der Waals surface area contributed by atoms with Crippen molar-refractivity contribution >= 4 is 51.6 Å². The van der Waals surface area contributed by atoms with Crippen LogP contribution in [0.1, 0.15) is 28.4 Å². The molecule has 6 nitrogen and oxygen atoms in total. The Balaban J connectivity index is 1.70. The van der Waals surface area contributed by atoms with Crippen molar-refractivity contribution in [2.75, 3.05) is 11.1 Å². The van der Waals surface area contributed by atoms with E-state index in [2.05, 4.69) is 27.4 Å². The van der Waals surface area contributed by atoms with Gasteiger partial charge in [-0.15, -0.1) is 16.8 Å². The van der Waals surface area contributed by atoms with Gasteiger partial charge in [0.25, 0.3) is 5.91 Å². The number of benzene rings is 2. The zero-order valence-corrected chi connectivity index (χ0v) is 18.3. The number of aromatic nitrogens is 2. The summed E-state index contributed by atoms with van der Waals surface area (Å²) < 4.78 is 0.747. The topological polar surface area (TPSA) is 84.0 Å². The molecule has 2 N–H and O–H groups in total. The number of rotatable bonds is 9. The first kappa shape index (κ1) is 22.0. The van der Waals surface area contributed by atoms with Crippen molar-refractivity contribution in [1.82, 2.24) is 15.5 Å². The maximum Gasteiger partial charge on any atom is 0.253 e. The van der Waals surface area contributed by atoms with E-state index in [0.29, 0.717) is 21.5 Å². The Hall–Kier alpha value is -2.68. The Kier molecular flexibility index (Phi) is 8.01. The van der Waals surface area contributed by atoms with Gasteiger partial charge in [-0.1, -0.05) is 83.2 Å². The molecule has 1 unspecified atom stereocenters. The van der Waals surface area contributed by atoms with Gasteiger partial charge in [-0.05, 0) is 17.7 Å². The van der Waals surface area contributed by atoms with Crippen molar-refractivity contribution in [2.45, 2.75) is 16.8 Å². The average molecular weight is 459 g/mol. The number of nitrogens with zero attached hydrogens (tertiary/aromatic N) is 2. The van der Waals surface area contributed by atoms with E-state index in [1.807, 2.05) is 30.3 Å². The lowest BCUT2D eigenvalue weighted by Gasteiger charge is -2.19. The number of hydrogen-bond acceptors (Lipinski definition) is 6. The molecule has 0 saturated carbocycles. The molecule has 3 aromatic rings. The number of nitrogens with one attached hydrogen (secondary N) is 2. The third-order valence-electron chi connectivity index (χ3n) is 3.99. The third-order valence-corrected chi connectivity index (χ3v) is 6.29. The molecular formula is C21H19ClN4O2S2. The molecule has 0 saturated heterocycles. The summed E-state index contributed by atoms with van der Waals surface area (Å²) in [6, 6.07) is 15.6. The largest absolute Gasteiger partial charge is 0.345 e. The van der Waals surface area contributed by atoms with Gasteiger partial charge in [0.05, 0.1) is 23.0 Å². The first-order chi connectivity index (χ1) is 14.6. The molecule has 1 atom stereocenters. The first-order valence-electron chi connectivity index (χ1n) is 9.04. The van der Waals surface area contributed by atoms with Crippen LogP contribution in [0, 0.1) is 0 Å². The number of hydrogen-bond donors (Lipinski definition) is 2. The minimum absolute atomic E-state index is 0.0366. The second kappa shape index (κ2) is 10.9. The number of carbonyl (C=O) groups excluding carboxylic acids is 2. The quantitative estimate of drug-likeness (QED) is 0.268. The molecular weight excluding hydrogens is 440 g/mol. The Bertz CT molecular complexity index is 1030. The monoisotopic (exact) mass is 458 g/mol. The normalized spacial score (nSPS) is 11.5. The Labute approximate surface area is 187 Å². The van der Waals surface area contributed by atoms with Crippen LogP contribution < -0.4 is 10.6 Å². The van der Waals surface area contributed by atoms with E-state index in [9.17, 15) is 9.59 Å². The van der Waals surface area contributed by atoms with Crippen molar-refractivity contribution in [3.05, 3.63) is 83.4 Å².